The van der Waals surface area contributed by atoms with Gasteiger partial charge < -0.3 is 5.32 Å². The molecule has 0 aliphatic rings. The van der Waals surface area contributed by atoms with Crippen LogP contribution in [0, 0.1) is 17.2 Å². The molecular formula is C15H23N3O2S. The first-order valence-electron chi connectivity index (χ1n) is 7.03. The molecule has 1 N–H and O–H groups in total. The van der Waals surface area contributed by atoms with Crippen molar-refractivity contribution in [2.45, 2.75) is 31.7 Å². The Labute approximate surface area is 127 Å². The third-order valence-corrected chi connectivity index (χ3v) is 5.42. The second-order valence-corrected chi connectivity index (χ2v) is 7.01. The summed E-state index contributed by atoms with van der Waals surface area (Å²) in [4.78, 5) is 0.272. The summed E-state index contributed by atoms with van der Waals surface area (Å²) in [6.07, 6.45) is 0. The fourth-order valence-corrected chi connectivity index (χ4v) is 3.60. The molecule has 5 nitrogen and oxygen atoms in total. The number of hydrogen-bond donors (Lipinski definition) is 1. The van der Waals surface area contributed by atoms with Gasteiger partial charge in [-0.15, -0.1) is 0 Å². The summed E-state index contributed by atoms with van der Waals surface area (Å²) in [5.74, 6) is -0.334. The fourth-order valence-electron chi connectivity index (χ4n) is 2.00. The highest BCUT2D eigenvalue weighted by Crippen LogP contribution is 2.21. The molecule has 0 bridgehead atoms. The standard InChI is InChI=1S/C15H23N3O2S/c1-5-18(11-12(2)10-16)21(19,20)15-8-6-7-14(9-15)13(3)17-4/h6-9,12-13,17H,5,11H2,1-4H3. The van der Waals surface area contributed by atoms with E-state index in [1.165, 1.54) is 4.31 Å². The van der Waals surface area contributed by atoms with Gasteiger partial charge in [0.25, 0.3) is 0 Å². The van der Waals surface area contributed by atoms with Gasteiger partial charge >= 0.3 is 0 Å². The SMILES string of the molecule is CCN(CC(C)C#N)S(=O)(=O)c1cccc(C(C)NC)c1. The molecule has 0 saturated heterocycles. The van der Waals surface area contributed by atoms with Gasteiger partial charge in [0, 0.05) is 19.1 Å². The zero-order valence-electron chi connectivity index (χ0n) is 13.0. The topological polar surface area (TPSA) is 73.2 Å². The van der Waals surface area contributed by atoms with Gasteiger partial charge in [-0.25, -0.2) is 8.42 Å². The van der Waals surface area contributed by atoms with Crippen molar-refractivity contribution in [1.82, 2.24) is 9.62 Å². The number of nitrogens with zero attached hydrogens (tertiary/aromatic N) is 2. The average Bonchev–Trinajstić information content (AvgIpc) is 2.51. The predicted octanol–water partition coefficient (Wildman–Crippen LogP) is 2.14. The monoisotopic (exact) mass is 309 g/mol. The van der Waals surface area contributed by atoms with Crippen LogP contribution < -0.4 is 5.32 Å². The van der Waals surface area contributed by atoms with Crippen molar-refractivity contribution >= 4 is 10.0 Å². The highest BCUT2D eigenvalue weighted by atomic mass is 32.2. The van der Waals surface area contributed by atoms with E-state index in [4.69, 9.17) is 5.26 Å². The van der Waals surface area contributed by atoms with Crippen molar-refractivity contribution in [3.05, 3.63) is 29.8 Å². The molecular weight excluding hydrogens is 286 g/mol. The van der Waals surface area contributed by atoms with Gasteiger partial charge in [-0.1, -0.05) is 19.1 Å². The Hall–Kier alpha value is -1.42. The summed E-state index contributed by atoms with van der Waals surface area (Å²) >= 11 is 0. The first-order chi connectivity index (χ1) is 9.86. The second kappa shape index (κ2) is 7.55. The van der Waals surface area contributed by atoms with Crippen LogP contribution in [0.5, 0.6) is 0 Å². The van der Waals surface area contributed by atoms with Gasteiger partial charge in [-0.2, -0.15) is 9.57 Å². The lowest BCUT2D eigenvalue weighted by Gasteiger charge is -2.22. The largest absolute Gasteiger partial charge is 0.313 e. The maximum absolute atomic E-state index is 12.7. The summed E-state index contributed by atoms with van der Waals surface area (Å²) in [5, 5.41) is 12.0. The number of rotatable bonds is 7. The molecule has 1 rings (SSSR count). The molecule has 1 aromatic rings. The molecule has 0 heterocycles. The summed E-state index contributed by atoms with van der Waals surface area (Å²) in [6.45, 7) is 6.03. The molecule has 2 unspecified atom stereocenters. The van der Waals surface area contributed by atoms with Gasteiger partial charge in [-0.3, -0.25) is 0 Å². The van der Waals surface area contributed by atoms with Crippen LogP contribution >= 0.6 is 0 Å². The van der Waals surface area contributed by atoms with E-state index in [0.717, 1.165) is 5.56 Å². The Bertz CT molecular complexity index is 608. The third kappa shape index (κ3) is 4.27. The predicted molar refractivity (Wildman–Crippen MR) is 83.1 cm³/mol. The maximum Gasteiger partial charge on any atom is 0.243 e. The minimum absolute atomic E-state index is 0.0771. The van der Waals surface area contributed by atoms with Crippen LogP contribution in [0.15, 0.2) is 29.2 Å². The van der Waals surface area contributed by atoms with E-state index in [-0.39, 0.29) is 23.4 Å². The highest BCUT2D eigenvalue weighted by Gasteiger charge is 2.25. The molecule has 0 spiro atoms. The van der Waals surface area contributed by atoms with Crippen molar-refractivity contribution in [3.63, 3.8) is 0 Å². The van der Waals surface area contributed by atoms with Gasteiger partial charge in [0.2, 0.25) is 10.0 Å². The van der Waals surface area contributed by atoms with Crippen LogP contribution in [0.1, 0.15) is 32.4 Å². The van der Waals surface area contributed by atoms with E-state index in [2.05, 4.69) is 11.4 Å². The van der Waals surface area contributed by atoms with Gasteiger partial charge in [0.05, 0.1) is 16.9 Å². The Balaban J connectivity index is 3.14. The van der Waals surface area contributed by atoms with Crippen molar-refractivity contribution in [2.24, 2.45) is 5.92 Å². The Morgan fingerprint density at radius 1 is 1.38 bits per heavy atom. The molecule has 6 heteroatoms. The molecule has 0 fully saturated rings. The smallest absolute Gasteiger partial charge is 0.243 e. The van der Waals surface area contributed by atoms with Crippen molar-refractivity contribution in [3.8, 4) is 6.07 Å². The first kappa shape index (κ1) is 17.6. The molecule has 21 heavy (non-hydrogen) atoms. The molecule has 1 aromatic carbocycles. The molecule has 0 aliphatic heterocycles. The molecule has 0 aliphatic carbocycles. The average molecular weight is 309 g/mol. The van der Waals surface area contributed by atoms with E-state index in [0.29, 0.717) is 6.54 Å². The third-order valence-electron chi connectivity index (χ3n) is 3.48. The molecule has 0 saturated carbocycles. The zero-order chi connectivity index (χ0) is 16.0. The lowest BCUT2D eigenvalue weighted by Crippen LogP contribution is -2.34. The van der Waals surface area contributed by atoms with E-state index < -0.39 is 10.0 Å². The van der Waals surface area contributed by atoms with E-state index in [1.807, 2.05) is 20.0 Å². The molecule has 0 amide bonds. The van der Waals surface area contributed by atoms with Crippen molar-refractivity contribution in [2.75, 3.05) is 20.1 Å². The quantitative estimate of drug-likeness (QED) is 0.837. The molecule has 0 aromatic heterocycles. The second-order valence-electron chi connectivity index (χ2n) is 5.07. The summed E-state index contributed by atoms with van der Waals surface area (Å²) in [6, 6.07) is 9.09. The number of benzene rings is 1. The first-order valence-corrected chi connectivity index (χ1v) is 8.47. The zero-order valence-corrected chi connectivity index (χ0v) is 13.8. The Morgan fingerprint density at radius 2 is 2.05 bits per heavy atom. The van der Waals surface area contributed by atoms with Crippen LogP contribution in [-0.4, -0.2) is 32.9 Å². The van der Waals surface area contributed by atoms with Gasteiger partial charge in [0.15, 0.2) is 0 Å². The Kier molecular flexibility index (Phi) is 6.34. The van der Waals surface area contributed by atoms with Crippen molar-refractivity contribution in [1.29, 1.82) is 5.26 Å². The van der Waals surface area contributed by atoms with Gasteiger partial charge in [-0.05, 0) is 38.6 Å². The lowest BCUT2D eigenvalue weighted by molar-refractivity contribution is 0.399. The lowest BCUT2D eigenvalue weighted by atomic mass is 10.1. The normalized spacial score (nSPS) is 14.7. The maximum atomic E-state index is 12.7. The fraction of sp³-hybridized carbons (Fsp3) is 0.533. The molecule has 2 atom stereocenters. The van der Waals surface area contributed by atoms with E-state index in [9.17, 15) is 8.42 Å². The van der Waals surface area contributed by atoms with Crippen molar-refractivity contribution < 1.29 is 8.42 Å². The molecule has 116 valence electrons. The minimum atomic E-state index is -3.57. The van der Waals surface area contributed by atoms with Crippen LogP contribution in [0.2, 0.25) is 0 Å². The minimum Gasteiger partial charge on any atom is -0.313 e. The van der Waals surface area contributed by atoms with Gasteiger partial charge in [0.1, 0.15) is 0 Å². The Morgan fingerprint density at radius 3 is 2.57 bits per heavy atom. The number of nitriles is 1. The van der Waals surface area contributed by atoms with E-state index >= 15 is 0 Å². The number of sulfonamides is 1. The summed E-state index contributed by atoms with van der Waals surface area (Å²) in [7, 11) is -1.73. The van der Waals surface area contributed by atoms with Crippen LogP contribution in [0.25, 0.3) is 0 Å². The summed E-state index contributed by atoms with van der Waals surface area (Å²) in [5.41, 5.74) is 0.919. The molecule has 0 radical (unpaired) electrons. The summed E-state index contributed by atoms with van der Waals surface area (Å²) < 4.78 is 26.7. The highest BCUT2D eigenvalue weighted by molar-refractivity contribution is 7.89. The number of hydrogen-bond acceptors (Lipinski definition) is 4. The van der Waals surface area contributed by atoms with Crippen LogP contribution in [0.3, 0.4) is 0 Å². The van der Waals surface area contributed by atoms with Crippen LogP contribution in [0.4, 0.5) is 0 Å². The number of nitrogens with one attached hydrogen (secondary N) is 1. The van der Waals surface area contributed by atoms with Crippen LogP contribution in [-0.2, 0) is 10.0 Å². The van der Waals surface area contributed by atoms with E-state index in [1.54, 1.807) is 32.0 Å².